The van der Waals surface area contributed by atoms with Gasteiger partial charge in [0.25, 0.3) is 0 Å². The van der Waals surface area contributed by atoms with Crippen LogP contribution in [0.25, 0.3) is 11.6 Å². The highest BCUT2D eigenvalue weighted by Gasteiger charge is 2.31. The summed E-state index contributed by atoms with van der Waals surface area (Å²) in [5.74, 6) is 0. The second-order valence-electron chi connectivity index (χ2n) is 4.25. The predicted molar refractivity (Wildman–Crippen MR) is 67.7 cm³/mol. The van der Waals surface area contributed by atoms with Crippen LogP contribution in [0.1, 0.15) is 11.1 Å². The lowest BCUT2D eigenvalue weighted by Gasteiger charge is -2.27. The summed E-state index contributed by atoms with van der Waals surface area (Å²) in [6, 6.07) is 8.60. The Kier molecular flexibility index (Phi) is 1.39. The van der Waals surface area contributed by atoms with E-state index in [0.29, 0.717) is 0 Å². The van der Waals surface area contributed by atoms with Crippen LogP contribution < -0.4 is 0 Å². The summed E-state index contributed by atoms with van der Waals surface area (Å²) in [4.78, 5) is 0. The first-order chi connectivity index (χ1) is 7.95. The van der Waals surface area contributed by atoms with Crippen LogP contribution in [0.2, 0.25) is 0 Å². The van der Waals surface area contributed by atoms with Crippen molar-refractivity contribution in [2.24, 2.45) is 0 Å². The van der Waals surface area contributed by atoms with Crippen molar-refractivity contribution in [1.29, 1.82) is 0 Å². The average molecular weight is 202 g/mol. The zero-order valence-corrected chi connectivity index (χ0v) is 8.77. The van der Waals surface area contributed by atoms with E-state index in [1.165, 1.54) is 33.4 Å². The van der Waals surface area contributed by atoms with Gasteiger partial charge in [-0.3, -0.25) is 0 Å². The fourth-order valence-corrected chi connectivity index (χ4v) is 2.67. The number of hydrogen-bond acceptors (Lipinski definition) is 0. The lowest BCUT2D eigenvalue weighted by molar-refractivity contribution is 1.38. The monoisotopic (exact) mass is 202 g/mol. The highest BCUT2D eigenvalue weighted by molar-refractivity contribution is 6.04. The molecule has 0 heterocycles. The van der Waals surface area contributed by atoms with Crippen molar-refractivity contribution < 1.29 is 0 Å². The molecule has 0 amide bonds. The van der Waals surface area contributed by atoms with Gasteiger partial charge in [-0.05, 0) is 33.4 Å². The summed E-state index contributed by atoms with van der Waals surface area (Å²) in [6.45, 7) is 0. The fraction of sp³-hybridized carbons (Fsp3) is 0. The first-order valence-corrected chi connectivity index (χ1v) is 5.57. The maximum atomic E-state index is 2.22. The normalized spacial score (nSPS) is 19.2. The van der Waals surface area contributed by atoms with Gasteiger partial charge in [-0.1, -0.05) is 60.7 Å². The Bertz CT molecular complexity index is 646. The molecule has 1 aromatic rings. The Morgan fingerprint density at radius 1 is 0.750 bits per heavy atom. The molecule has 74 valence electrons. The first kappa shape index (κ1) is 8.12. The van der Waals surface area contributed by atoms with Crippen LogP contribution in [0.4, 0.5) is 0 Å². The molecule has 3 aliphatic rings. The van der Waals surface area contributed by atoms with Crippen LogP contribution in [-0.4, -0.2) is 0 Å². The molecule has 16 heavy (non-hydrogen) atoms. The number of benzene rings is 1. The maximum absolute atomic E-state index is 2.22. The third kappa shape index (κ3) is 0.849. The third-order valence-electron chi connectivity index (χ3n) is 3.41. The molecule has 3 aliphatic carbocycles. The molecule has 0 saturated carbocycles. The van der Waals surface area contributed by atoms with E-state index in [0.717, 1.165) is 0 Å². The number of allylic oxidation sites excluding steroid dienone is 9. The fourth-order valence-electron chi connectivity index (χ4n) is 2.67. The second kappa shape index (κ2) is 2.73. The maximum Gasteiger partial charge on any atom is -0.00204 e. The highest BCUT2D eigenvalue weighted by Crippen LogP contribution is 2.50. The van der Waals surface area contributed by atoms with Crippen LogP contribution in [0.5, 0.6) is 0 Å². The summed E-state index contributed by atoms with van der Waals surface area (Å²) in [7, 11) is 0. The van der Waals surface area contributed by atoms with Crippen LogP contribution in [0.3, 0.4) is 0 Å². The van der Waals surface area contributed by atoms with Crippen molar-refractivity contribution in [1.82, 2.24) is 0 Å². The van der Waals surface area contributed by atoms with Crippen molar-refractivity contribution in [2.75, 3.05) is 0 Å². The minimum Gasteiger partial charge on any atom is -0.0616 e. The summed E-state index contributed by atoms with van der Waals surface area (Å²) < 4.78 is 0. The van der Waals surface area contributed by atoms with Gasteiger partial charge < -0.3 is 0 Å². The lowest BCUT2D eigenvalue weighted by Crippen LogP contribution is -2.08. The Labute approximate surface area is 94.6 Å². The summed E-state index contributed by atoms with van der Waals surface area (Å²) in [6.07, 6.45) is 13.1. The molecule has 0 fully saturated rings. The molecule has 0 unspecified atom stereocenters. The predicted octanol–water partition coefficient (Wildman–Crippen LogP) is 3.90. The van der Waals surface area contributed by atoms with Gasteiger partial charge in [0.2, 0.25) is 0 Å². The molecule has 0 N–H and O–H groups in total. The standard InChI is InChI=1S/C16H10/c1-2-7-12-11(5-1)6-3-9-14-13-8-4-10-15(13)16(12)14/h1-10H. The van der Waals surface area contributed by atoms with Gasteiger partial charge in [0.05, 0.1) is 0 Å². The van der Waals surface area contributed by atoms with Gasteiger partial charge in [-0.2, -0.15) is 0 Å². The van der Waals surface area contributed by atoms with Gasteiger partial charge in [-0.15, -0.1) is 0 Å². The third-order valence-corrected chi connectivity index (χ3v) is 3.41. The Morgan fingerprint density at radius 2 is 1.56 bits per heavy atom. The van der Waals surface area contributed by atoms with E-state index in [1.54, 1.807) is 0 Å². The van der Waals surface area contributed by atoms with Gasteiger partial charge in [0.15, 0.2) is 0 Å². The molecule has 0 atom stereocenters. The van der Waals surface area contributed by atoms with Crippen molar-refractivity contribution >= 4 is 11.6 Å². The smallest absolute Gasteiger partial charge is 0.00204 e. The molecule has 0 aromatic heterocycles. The van der Waals surface area contributed by atoms with Crippen molar-refractivity contribution in [3.05, 3.63) is 82.5 Å². The molecule has 0 heteroatoms. The quantitative estimate of drug-likeness (QED) is 0.598. The Balaban J connectivity index is 2.09. The van der Waals surface area contributed by atoms with E-state index in [1.807, 2.05) is 0 Å². The average Bonchev–Trinajstić information content (AvgIpc) is 2.63. The van der Waals surface area contributed by atoms with E-state index in [9.17, 15) is 0 Å². The molecular formula is C16H10. The van der Waals surface area contributed by atoms with Crippen molar-refractivity contribution in [3.63, 3.8) is 0 Å². The molecular weight excluding hydrogens is 192 g/mol. The second-order valence-corrected chi connectivity index (χ2v) is 4.25. The SMILES string of the molecule is C1=CC2=C3C(=CC=Cc4ccccc43)C2=C1. The summed E-state index contributed by atoms with van der Waals surface area (Å²) >= 11 is 0. The zero-order chi connectivity index (χ0) is 10.5. The van der Waals surface area contributed by atoms with Gasteiger partial charge in [-0.25, -0.2) is 0 Å². The largest absolute Gasteiger partial charge is 0.0616 e. The molecule has 0 saturated heterocycles. The number of fused-ring (bicyclic) bond motifs is 5. The summed E-state index contributed by atoms with van der Waals surface area (Å²) in [5, 5.41) is 0. The number of rotatable bonds is 0. The topological polar surface area (TPSA) is 0 Å². The van der Waals surface area contributed by atoms with E-state index in [-0.39, 0.29) is 0 Å². The van der Waals surface area contributed by atoms with Crippen molar-refractivity contribution in [3.8, 4) is 0 Å². The van der Waals surface area contributed by atoms with E-state index in [2.05, 4.69) is 60.7 Å². The molecule has 0 aliphatic heterocycles. The number of hydrogen-bond donors (Lipinski definition) is 0. The van der Waals surface area contributed by atoms with E-state index in [4.69, 9.17) is 0 Å². The molecule has 0 nitrogen and oxygen atoms in total. The molecule has 4 rings (SSSR count). The molecule has 0 radical (unpaired) electrons. The van der Waals surface area contributed by atoms with E-state index < -0.39 is 0 Å². The van der Waals surface area contributed by atoms with Gasteiger partial charge in [0.1, 0.15) is 0 Å². The van der Waals surface area contributed by atoms with Gasteiger partial charge >= 0.3 is 0 Å². The Hall–Kier alpha value is -2.08. The zero-order valence-electron chi connectivity index (χ0n) is 8.77. The van der Waals surface area contributed by atoms with Crippen LogP contribution in [0, 0.1) is 0 Å². The van der Waals surface area contributed by atoms with E-state index >= 15 is 0 Å². The molecule has 1 aromatic carbocycles. The minimum atomic E-state index is 1.32. The molecule has 0 bridgehead atoms. The van der Waals surface area contributed by atoms with Crippen LogP contribution in [-0.2, 0) is 0 Å². The molecule has 0 spiro atoms. The van der Waals surface area contributed by atoms with Crippen LogP contribution in [0.15, 0.2) is 71.4 Å². The minimum absolute atomic E-state index is 1.32. The van der Waals surface area contributed by atoms with Crippen molar-refractivity contribution in [2.45, 2.75) is 0 Å². The van der Waals surface area contributed by atoms with Gasteiger partial charge in [0, 0.05) is 0 Å². The summed E-state index contributed by atoms with van der Waals surface area (Å²) in [5.41, 5.74) is 8.29. The Morgan fingerprint density at radius 3 is 2.56 bits per heavy atom. The van der Waals surface area contributed by atoms with Crippen LogP contribution >= 0.6 is 0 Å². The first-order valence-electron chi connectivity index (χ1n) is 5.57. The highest BCUT2D eigenvalue weighted by atomic mass is 14.3. The lowest BCUT2D eigenvalue weighted by atomic mass is 9.75.